The lowest BCUT2D eigenvalue weighted by atomic mass is 9.66. The molecule has 13 atom stereocenters. The van der Waals surface area contributed by atoms with Crippen LogP contribution in [0.2, 0.25) is 0 Å². The number of ether oxygens (including phenoxy) is 5. The zero-order valence-corrected chi connectivity index (χ0v) is 37.5. The molecule has 1 saturated carbocycles. The first-order chi connectivity index (χ1) is 30.6. The van der Waals surface area contributed by atoms with E-state index < -0.39 is 132 Å². The lowest BCUT2D eigenvalue weighted by Gasteiger charge is -2.58. The third-order valence-electron chi connectivity index (χ3n) is 12.2. The largest absolute Gasteiger partial charge is 0.463 e. The Labute approximate surface area is 376 Å². The van der Waals surface area contributed by atoms with Crippen LogP contribution < -0.4 is 21.7 Å². The Morgan fingerprint density at radius 3 is 2.48 bits per heavy atom. The Morgan fingerprint density at radius 2 is 1.85 bits per heavy atom. The summed E-state index contributed by atoms with van der Waals surface area (Å²) in [6, 6.07) is -5.99. The van der Waals surface area contributed by atoms with Gasteiger partial charge in [0.05, 0.1) is 12.1 Å². The standard InChI is InChI=1S/C39H63N7O18S/c1-5-6-7-8-26(47)60-17-24-28(48)29(49)30(50)36(63-24)62-21-14-23-32(51)39(15-21)31(44-38(55)64-39)27(34(53)42-11-9-20-10-12-45(16-20)37(40)41)46(23)35(54)22(13-19(2)3)43-33(52)25(59-4)18-61-65(56,57)58/h10,19,21-25,27-32,36,48-51H,5-9,11-18H2,1-4H3,(H3,40,41)(H,42,53)(H,43,52)(H,44,55)(H,56,57,58)/t21-,22-,23-,24-,25?,27-,28-,29+,30-,31+,32+,36+,39+/m1/s1. The maximum Gasteiger partial charge on any atom is 0.408 e. The van der Waals surface area contributed by atoms with Gasteiger partial charge >= 0.3 is 22.5 Å². The smallest absolute Gasteiger partial charge is 0.408 e. The fourth-order valence-electron chi connectivity index (χ4n) is 8.96. The molecule has 0 aromatic heterocycles. The van der Waals surface area contributed by atoms with Crippen LogP contribution in [-0.4, -0.2) is 198 Å². The molecule has 368 valence electrons. The summed E-state index contributed by atoms with van der Waals surface area (Å²) in [5.74, 6) is -3.77. The van der Waals surface area contributed by atoms with Crippen molar-refractivity contribution < 1.29 is 85.2 Å². The van der Waals surface area contributed by atoms with Gasteiger partial charge in [-0.15, -0.1) is 0 Å². The molecule has 4 fully saturated rings. The van der Waals surface area contributed by atoms with Crippen molar-refractivity contribution in [3.05, 3.63) is 11.6 Å². The van der Waals surface area contributed by atoms with E-state index >= 15 is 4.79 Å². The Kier molecular flexibility index (Phi) is 17.5. The second-order valence-corrected chi connectivity index (χ2v) is 18.4. The second-order valence-electron chi connectivity index (χ2n) is 17.3. The van der Waals surface area contributed by atoms with E-state index in [1.165, 1.54) is 0 Å². The molecule has 1 aliphatic carbocycles. The van der Waals surface area contributed by atoms with E-state index in [1.807, 2.05) is 13.0 Å². The van der Waals surface area contributed by atoms with Crippen LogP contribution >= 0.6 is 0 Å². The van der Waals surface area contributed by atoms with Crippen LogP contribution in [0.15, 0.2) is 11.6 Å². The quantitative estimate of drug-likeness (QED) is 0.0136. The lowest BCUT2D eigenvalue weighted by Crippen LogP contribution is -2.80. The summed E-state index contributed by atoms with van der Waals surface area (Å²) in [4.78, 5) is 71.4. The summed E-state index contributed by atoms with van der Waals surface area (Å²) in [6.45, 7) is 4.70. The highest BCUT2D eigenvalue weighted by Crippen LogP contribution is 2.48. The highest BCUT2D eigenvalue weighted by molar-refractivity contribution is 7.80. The van der Waals surface area contributed by atoms with E-state index in [0.29, 0.717) is 25.9 Å². The second kappa shape index (κ2) is 22.0. The molecule has 65 heavy (non-hydrogen) atoms. The van der Waals surface area contributed by atoms with E-state index in [4.69, 9.17) is 39.4 Å². The number of unbranched alkanes of at least 4 members (excludes halogenated alkanes) is 2. The zero-order chi connectivity index (χ0) is 48.0. The highest BCUT2D eigenvalue weighted by Gasteiger charge is 2.70. The van der Waals surface area contributed by atoms with E-state index in [1.54, 1.807) is 18.7 Å². The van der Waals surface area contributed by atoms with Crippen LogP contribution in [0.3, 0.4) is 0 Å². The fraction of sp³-hybridized carbons (Fsp3) is 0.795. The minimum atomic E-state index is -5.01. The van der Waals surface area contributed by atoms with Gasteiger partial charge in [0.1, 0.15) is 61.9 Å². The van der Waals surface area contributed by atoms with Gasteiger partial charge < -0.3 is 75.6 Å². The van der Waals surface area contributed by atoms with Gasteiger partial charge in [-0.05, 0) is 31.6 Å². The maximum atomic E-state index is 15.1. The zero-order valence-electron chi connectivity index (χ0n) is 36.7. The average Bonchev–Trinajstić information content (AvgIpc) is 3.84. The predicted octanol–water partition coefficient (Wildman–Crippen LogP) is -3.11. The van der Waals surface area contributed by atoms with Crippen LogP contribution in [-0.2, 0) is 57.4 Å². The fourth-order valence-corrected chi connectivity index (χ4v) is 9.26. The minimum Gasteiger partial charge on any atom is -0.463 e. The number of likely N-dealkylation sites (tertiary alicyclic amines) is 1. The number of rotatable bonds is 21. The summed E-state index contributed by atoms with van der Waals surface area (Å²) < 4.78 is 64.2. The number of methoxy groups -OCH3 is 1. The number of carbonyl (C=O) groups is 5. The topological polar surface area (TPSA) is 368 Å². The van der Waals surface area contributed by atoms with Gasteiger partial charge in [-0.2, -0.15) is 8.42 Å². The van der Waals surface area contributed by atoms with Gasteiger partial charge in [0, 0.05) is 39.6 Å². The van der Waals surface area contributed by atoms with E-state index in [0.717, 1.165) is 30.4 Å². The van der Waals surface area contributed by atoms with Crippen LogP contribution in [0.5, 0.6) is 0 Å². The van der Waals surface area contributed by atoms with Crippen molar-refractivity contribution in [1.29, 1.82) is 5.41 Å². The normalized spacial score (nSPS) is 31.8. The molecule has 11 N–H and O–H groups in total. The van der Waals surface area contributed by atoms with E-state index in [9.17, 15) is 48.0 Å². The third kappa shape index (κ3) is 12.4. The SMILES string of the molecule is CCCCCC(=O)OC[C@H]1O[C@H](O[C@@H]2C[C@@H]3[C@H](O)[C@@]4(C2)OC(=O)N[C@H]4[C@H](C(=O)NCCC2=CCN(C(=N)N)C2)N3C(=O)[C@@H](CC(C)C)NC(=O)C(COS(=O)(=O)O)OC)[C@H](O)[C@@H](O)[C@@H]1O. The summed E-state index contributed by atoms with van der Waals surface area (Å²) in [6.07, 6.45) is -10.3. The first kappa shape index (κ1) is 51.7. The Bertz CT molecular complexity index is 1890. The minimum absolute atomic E-state index is 0.0260. The van der Waals surface area contributed by atoms with Crippen molar-refractivity contribution >= 4 is 46.1 Å². The number of hydrogen-bond donors (Lipinski definition) is 10. The molecule has 26 heteroatoms. The van der Waals surface area contributed by atoms with Crippen LogP contribution in [0.25, 0.3) is 0 Å². The van der Waals surface area contributed by atoms with Crippen molar-refractivity contribution in [2.24, 2.45) is 11.7 Å². The molecule has 4 aliphatic heterocycles. The number of piperidine rings is 1. The van der Waals surface area contributed by atoms with Crippen molar-refractivity contribution in [2.75, 3.05) is 40.0 Å². The number of nitrogens with two attached hydrogens (primary N) is 1. The molecule has 1 spiro atoms. The number of amides is 4. The Hall–Kier alpha value is -4.25. The summed E-state index contributed by atoms with van der Waals surface area (Å²) >= 11 is 0. The number of guanidine groups is 1. The molecule has 5 rings (SSSR count). The predicted molar refractivity (Wildman–Crippen MR) is 221 cm³/mol. The van der Waals surface area contributed by atoms with Crippen molar-refractivity contribution in [3.63, 3.8) is 0 Å². The lowest BCUT2D eigenvalue weighted by molar-refractivity contribution is -0.322. The van der Waals surface area contributed by atoms with Gasteiger partial charge in [-0.1, -0.05) is 45.3 Å². The molecule has 0 aromatic carbocycles. The van der Waals surface area contributed by atoms with Gasteiger partial charge in [0.25, 0.3) is 5.91 Å². The number of nitrogens with zero attached hydrogens (tertiary/aromatic N) is 2. The maximum absolute atomic E-state index is 15.1. The monoisotopic (exact) mass is 949 g/mol. The molecule has 4 heterocycles. The molecule has 25 nitrogen and oxygen atoms in total. The summed E-state index contributed by atoms with van der Waals surface area (Å²) in [7, 11) is -3.95. The molecular weight excluding hydrogens is 887 g/mol. The van der Waals surface area contributed by atoms with Crippen molar-refractivity contribution in [1.82, 2.24) is 25.8 Å². The van der Waals surface area contributed by atoms with Crippen LogP contribution in [0.4, 0.5) is 4.79 Å². The molecule has 1 unspecified atom stereocenters. The average molecular weight is 950 g/mol. The number of aliphatic hydroxyl groups excluding tert-OH is 4. The molecule has 0 aromatic rings. The molecule has 4 amide bonds. The summed E-state index contributed by atoms with van der Waals surface area (Å²) in [5.41, 5.74) is 4.52. The highest BCUT2D eigenvalue weighted by atomic mass is 32.3. The van der Waals surface area contributed by atoms with Gasteiger partial charge in [-0.3, -0.25) is 29.1 Å². The van der Waals surface area contributed by atoms with Crippen molar-refractivity contribution in [2.45, 2.75) is 151 Å². The summed E-state index contributed by atoms with van der Waals surface area (Å²) in [5, 5.41) is 60.4. The number of carbonyl (C=O) groups excluding carboxylic acids is 5. The van der Waals surface area contributed by atoms with Gasteiger partial charge in [-0.25, -0.2) is 8.98 Å². The van der Waals surface area contributed by atoms with Gasteiger partial charge in [0.2, 0.25) is 11.8 Å². The molecule has 5 aliphatic rings. The number of fused-ring (bicyclic) bond motifs is 1. The molecular formula is C39H63N7O18S. The third-order valence-corrected chi connectivity index (χ3v) is 12.7. The van der Waals surface area contributed by atoms with Crippen LogP contribution in [0, 0.1) is 11.3 Å². The van der Waals surface area contributed by atoms with E-state index in [-0.39, 0.29) is 44.1 Å². The number of hydrogen-bond acceptors (Lipinski definition) is 18. The molecule has 2 bridgehead atoms. The molecule has 0 radical (unpaired) electrons. The number of alkyl carbamates (subject to hydrolysis) is 1. The number of nitrogens with one attached hydrogen (secondary N) is 4. The van der Waals surface area contributed by atoms with Crippen molar-refractivity contribution in [3.8, 4) is 0 Å². The first-order valence-electron chi connectivity index (χ1n) is 21.6. The van der Waals surface area contributed by atoms with Crippen LogP contribution in [0.1, 0.15) is 72.1 Å². The first-order valence-corrected chi connectivity index (χ1v) is 23.0. The number of aliphatic hydroxyl groups is 4. The van der Waals surface area contributed by atoms with Gasteiger partial charge in [0.15, 0.2) is 24.0 Å². The Balaban J connectivity index is 1.46. The number of esters is 1. The Morgan fingerprint density at radius 1 is 1.12 bits per heavy atom. The molecule has 3 saturated heterocycles. The van der Waals surface area contributed by atoms with E-state index in [2.05, 4.69) is 20.1 Å².